The highest BCUT2D eigenvalue weighted by molar-refractivity contribution is 7.90. The minimum absolute atomic E-state index is 0.347. The van der Waals surface area contributed by atoms with Crippen molar-refractivity contribution in [3.63, 3.8) is 0 Å². The lowest BCUT2D eigenvalue weighted by Gasteiger charge is -2.18. The van der Waals surface area contributed by atoms with Crippen molar-refractivity contribution >= 4 is 15.8 Å². The number of nitrogens with zero attached hydrogens (tertiary/aromatic N) is 2. The smallest absolute Gasteiger partial charge is 0.191 e. The molecule has 0 heterocycles. The Bertz CT molecular complexity index is 903. The summed E-state index contributed by atoms with van der Waals surface area (Å²) in [5, 5.41) is 6.63. The summed E-state index contributed by atoms with van der Waals surface area (Å²) in [4.78, 5) is 7.01. The van der Waals surface area contributed by atoms with Gasteiger partial charge in [-0.2, -0.15) is 0 Å². The number of aliphatic imine (C=N–C) groups is 1. The fourth-order valence-corrected chi connectivity index (χ4v) is 3.73. The van der Waals surface area contributed by atoms with Crippen molar-refractivity contribution in [3.05, 3.63) is 65.2 Å². The Kier molecular flexibility index (Phi) is 9.33. The van der Waals surface area contributed by atoms with Crippen LogP contribution in [-0.4, -0.2) is 52.2 Å². The Balaban J connectivity index is 1.78. The molecule has 0 fully saturated rings. The van der Waals surface area contributed by atoms with Crippen LogP contribution in [0.15, 0.2) is 58.4 Å². The summed E-state index contributed by atoms with van der Waals surface area (Å²) in [7, 11) is -1.40. The van der Waals surface area contributed by atoms with E-state index in [0.29, 0.717) is 18.0 Å². The fraction of sp³-hybridized carbons (Fsp3) is 0.435. The van der Waals surface area contributed by atoms with Gasteiger partial charge in [0.25, 0.3) is 0 Å². The van der Waals surface area contributed by atoms with Crippen molar-refractivity contribution in [3.8, 4) is 0 Å². The van der Waals surface area contributed by atoms with Crippen LogP contribution in [0, 0.1) is 0 Å². The van der Waals surface area contributed by atoms with Crippen LogP contribution < -0.4 is 10.6 Å². The molecule has 7 heteroatoms. The predicted molar refractivity (Wildman–Crippen MR) is 125 cm³/mol. The highest BCUT2D eigenvalue weighted by Gasteiger charge is 2.06. The summed E-state index contributed by atoms with van der Waals surface area (Å²) in [5.74, 6) is 0.745. The monoisotopic (exact) mass is 430 g/mol. The first-order chi connectivity index (χ1) is 14.4. The molecule has 2 aromatic carbocycles. The van der Waals surface area contributed by atoms with Crippen molar-refractivity contribution in [2.24, 2.45) is 4.99 Å². The Morgan fingerprint density at radius 2 is 1.47 bits per heavy atom. The first-order valence-electron chi connectivity index (χ1n) is 10.4. The molecule has 0 spiro atoms. The van der Waals surface area contributed by atoms with Gasteiger partial charge in [-0.1, -0.05) is 50.2 Å². The average molecular weight is 431 g/mol. The Hall–Kier alpha value is -2.38. The van der Waals surface area contributed by atoms with Gasteiger partial charge in [-0.05, 0) is 48.3 Å². The number of hydrogen-bond acceptors (Lipinski definition) is 4. The van der Waals surface area contributed by atoms with Gasteiger partial charge in [-0.25, -0.2) is 8.42 Å². The van der Waals surface area contributed by atoms with Crippen LogP contribution in [0.25, 0.3) is 0 Å². The average Bonchev–Trinajstić information content (AvgIpc) is 2.75. The van der Waals surface area contributed by atoms with Gasteiger partial charge in [0.1, 0.15) is 0 Å². The van der Waals surface area contributed by atoms with E-state index >= 15 is 0 Å². The molecular weight excluding hydrogens is 396 g/mol. The molecular formula is C23H34N4O2S. The molecule has 0 radical (unpaired) electrons. The van der Waals surface area contributed by atoms with Gasteiger partial charge in [-0.15, -0.1) is 0 Å². The van der Waals surface area contributed by atoms with Gasteiger partial charge in [0.05, 0.1) is 4.90 Å². The summed E-state index contributed by atoms with van der Waals surface area (Å²) in [6.07, 6.45) is 2.00. The Morgan fingerprint density at radius 1 is 0.900 bits per heavy atom. The second-order valence-electron chi connectivity index (χ2n) is 7.30. The molecule has 0 aromatic heterocycles. The number of nitrogens with one attached hydrogen (secondary N) is 2. The molecule has 30 heavy (non-hydrogen) atoms. The van der Waals surface area contributed by atoms with Crippen molar-refractivity contribution in [2.45, 2.75) is 38.3 Å². The predicted octanol–water partition coefficient (Wildman–Crippen LogP) is 2.84. The molecule has 164 valence electrons. The maximum absolute atomic E-state index is 11.5. The van der Waals surface area contributed by atoms with Crippen LogP contribution in [0.4, 0.5) is 0 Å². The van der Waals surface area contributed by atoms with Crippen LogP contribution in [0.1, 0.15) is 30.5 Å². The van der Waals surface area contributed by atoms with Gasteiger partial charge in [0, 0.05) is 32.9 Å². The van der Waals surface area contributed by atoms with Crippen LogP contribution in [0.3, 0.4) is 0 Å². The molecule has 2 aromatic rings. The van der Waals surface area contributed by atoms with E-state index in [-0.39, 0.29) is 0 Å². The molecule has 0 amide bonds. The third-order valence-electron chi connectivity index (χ3n) is 5.06. The van der Waals surface area contributed by atoms with E-state index in [2.05, 4.69) is 58.6 Å². The number of rotatable bonds is 10. The van der Waals surface area contributed by atoms with E-state index in [0.717, 1.165) is 37.6 Å². The zero-order valence-electron chi connectivity index (χ0n) is 18.5. The number of guanidine groups is 1. The van der Waals surface area contributed by atoms with Crippen molar-refractivity contribution < 1.29 is 8.42 Å². The number of sulfone groups is 1. The third kappa shape index (κ3) is 7.80. The molecule has 0 aliphatic carbocycles. The highest BCUT2D eigenvalue weighted by atomic mass is 32.2. The van der Waals surface area contributed by atoms with Crippen molar-refractivity contribution in [2.75, 3.05) is 32.9 Å². The summed E-state index contributed by atoms with van der Waals surface area (Å²) in [5.41, 5.74) is 3.61. The molecule has 0 saturated heterocycles. The van der Waals surface area contributed by atoms with E-state index in [4.69, 9.17) is 0 Å². The van der Waals surface area contributed by atoms with E-state index in [1.807, 2.05) is 12.1 Å². The van der Waals surface area contributed by atoms with Crippen LogP contribution >= 0.6 is 0 Å². The summed E-state index contributed by atoms with van der Waals surface area (Å²) >= 11 is 0. The molecule has 6 nitrogen and oxygen atoms in total. The molecule has 0 atom stereocenters. The minimum atomic E-state index is -3.15. The SMILES string of the molecule is CCN(CC)Cc1ccc(CNC(=NC)NCCc2ccc(S(C)(=O)=O)cc2)cc1. The molecule has 0 unspecified atom stereocenters. The van der Waals surface area contributed by atoms with Crippen LogP contribution in [0.2, 0.25) is 0 Å². The zero-order chi connectivity index (χ0) is 22.0. The molecule has 0 saturated carbocycles. The Labute approximate surface area is 181 Å². The largest absolute Gasteiger partial charge is 0.356 e. The van der Waals surface area contributed by atoms with Crippen LogP contribution in [0.5, 0.6) is 0 Å². The standard InChI is InChI=1S/C23H34N4O2S/c1-5-27(6-2)18-21-9-7-20(8-10-21)17-26-23(24-3)25-16-15-19-11-13-22(14-12-19)30(4,28)29/h7-14H,5-6,15-18H2,1-4H3,(H2,24,25,26). The van der Waals surface area contributed by atoms with Crippen molar-refractivity contribution in [1.29, 1.82) is 0 Å². The Morgan fingerprint density at radius 3 is 2.00 bits per heavy atom. The van der Waals surface area contributed by atoms with Gasteiger partial charge in [0.15, 0.2) is 15.8 Å². The van der Waals surface area contributed by atoms with Gasteiger partial charge < -0.3 is 10.6 Å². The topological polar surface area (TPSA) is 73.8 Å². The summed E-state index contributed by atoms with van der Waals surface area (Å²) < 4.78 is 23.1. The normalized spacial score (nSPS) is 12.2. The minimum Gasteiger partial charge on any atom is -0.356 e. The summed E-state index contributed by atoms with van der Waals surface area (Å²) in [6, 6.07) is 15.7. The first kappa shape index (κ1) is 23.9. The summed E-state index contributed by atoms with van der Waals surface area (Å²) in [6.45, 7) is 8.88. The maximum atomic E-state index is 11.5. The quantitative estimate of drug-likeness (QED) is 0.448. The van der Waals surface area contributed by atoms with E-state index < -0.39 is 9.84 Å². The molecule has 2 N–H and O–H groups in total. The third-order valence-corrected chi connectivity index (χ3v) is 6.19. The molecule has 0 bridgehead atoms. The van der Waals surface area contributed by atoms with Crippen molar-refractivity contribution in [1.82, 2.24) is 15.5 Å². The maximum Gasteiger partial charge on any atom is 0.191 e. The lowest BCUT2D eigenvalue weighted by atomic mass is 10.1. The van der Waals surface area contributed by atoms with Crippen LogP contribution in [-0.2, 0) is 29.3 Å². The lowest BCUT2D eigenvalue weighted by molar-refractivity contribution is 0.296. The van der Waals surface area contributed by atoms with Gasteiger partial charge in [0.2, 0.25) is 0 Å². The second-order valence-corrected chi connectivity index (χ2v) is 9.31. The molecule has 0 aliphatic heterocycles. The number of benzene rings is 2. The number of hydrogen-bond donors (Lipinski definition) is 2. The second kappa shape index (κ2) is 11.7. The zero-order valence-corrected chi connectivity index (χ0v) is 19.3. The van der Waals surface area contributed by atoms with Gasteiger partial charge >= 0.3 is 0 Å². The molecule has 2 rings (SSSR count). The van der Waals surface area contributed by atoms with Gasteiger partial charge in [-0.3, -0.25) is 9.89 Å². The first-order valence-corrected chi connectivity index (χ1v) is 12.3. The van der Waals surface area contributed by atoms with E-state index in [1.54, 1.807) is 19.2 Å². The van der Waals surface area contributed by atoms with E-state index in [9.17, 15) is 8.42 Å². The van der Waals surface area contributed by atoms with E-state index in [1.165, 1.54) is 17.4 Å². The molecule has 0 aliphatic rings. The highest BCUT2D eigenvalue weighted by Crippen LogP contribution is 2.10. The fourth-order valence-electron chi connectivity index (χ4n) is 3.10. The lowest BCUT2D eigenvalue weighted by Crippen LogP contribution is -2.37.